The van der Waals surface area contributed by atoms with Gasteiger partial charge in [-0.2, -0.15) is 5.10 Å². The fourth-order valence-corrected chi connectivity index (χ4v) is 2.77. The Hall–Kier alpha value is -2.14. The minimum atomic E-state index is 0.117. The van der Waals surface area contributed by atoms with Crippen LogP contribution in [0.25, 0.3) is 0 Å². The first-order chi connectivity index (χ1) is 10.7. The van der Waals surface area contributed by atoms with Gasteiger partial charge in [0.25, 0.3) is 0 Å². The summed E-state index contributed by atoms with van der Waals surface area (Å²) in [6, 6.07) is 11.3. The van der Waals surface area contributed by atoms with Crippen LogP contribution >= 0.6 is 11.6 Å². The van der Waals surface area contributed by atoms with E-state index in [4.69, 9.17) is 11.6 Å². The molecule has 5 nitrogen and oxygen atoms in total. The first-order valence-corrected chi connectivity index (χ1v) is 7.65. The molecule has 0 aliphatic carbocycles. The summed E-state index contributed by atoms with van der Waals surface area (Å²) in [5.41, 5.74) is 0.880. The first kappa shape index (κ1) is 14.8. The molecule has 0 spiro atoms. The minimum absolute atomic E-state index is 0.117. The maximum absolute atomic E-state index is 12.4. The van der Waals surface area contributed by atoms with E-state index >= 15 is 0 Å². The molecule has 6 heteroatoms. The van der Waals surface area contributed by atoms with E-state index in [0.29, 0.717) is 24.5 Å². The van der Waals surface area contributed by atoms with Crippen LogP contribution in [-0.2, 0) is 11.2 Å². The zero-order valence-electron chi connectivity index (χ0n) is 12.2. The summed E-state index contributed by atoms with van der Waals surface area (Å²) in [6.45, 7) is 2.93. The van der Waals surface area contributed by atoms with E-state index in [1.807, 2.05) is 41.3 Å². The molecule has 1 amide bonds. The summed E-state index contributed by atoms with van der Waals surface area (Å²) in [6.07, 6.45) is 2.01. The van der Waals surface area contributed by atoms with E-state index in [1.54, 1.807) is 6.20 Å². The van der Waals surface area contributed by atoms with Gasteiger partial charge in [0.1, 0.15) is 0 Å². The molecule has 114 valence electrons. The third kappa shape index (κ3) is 3.36. The molecule has 2 aromatic rings. The zero-order chi connectivity index (χ0) is 15.4. The Morgan fingerprint density at radius 3 is 2.55 bits per heavy atom. The molecule has 3 rings (SSSR count). The predicted molar refractivity (Wildman–Crippen MR) is 86.0 cm³/mol. The molecule has 1 aromatic carbocycles. The van der Waals surface area contributed by atoms with Crippen molar-refractivity contribution in [1.82, 2.24) is 15.1 Å². The molecule has 0 radical (unpaired) electrons. The molecule has 0 saturated carbocycles. The van der Waals surface area contributed by atoms with Crippen LogP contribution in [-0.4, -0.2) is 47.2 Å². The van der Waals surface area contributed by atoms with Crippen molar-refractivity contribution < 1.29 is 4.79 Å². The van der Waals surface area contributed by atoms with Crippen LogP contribution in [0, 0.1) is 0 Å². The van der Waals surface area contributed by atoms with Gasteiger partial charge in [0.05, 0.1) is 6.42 Å². The van der Waals surface area contributed by atoms with Gasteiger partial charge in [0, 0.05) is 37.4 Å². The molecule has 0 bridgehead atoms. The number of rotatable bonds is 3. The van der Waals surface area contributed by atoms with E-state index in [9.17, 15) is 4.79 Å². The lowest BCUT2D eigenvalue weighted by molar-refractivity contribution is -0.130. The average Bonchev–Trinajstić information content (AvgIpc) is 2.58. The Bertz CT molecular complexity index is 642. The fourth-order valence-electron chi connectivity index (χ4n) is 2.56. The number of amides is 1. The van der Waals surface area contributed by atoms with Gasteiger partial charge in [0.15, 0.2) is 5.82 Å². The van der Waals surface area contributed by atoms with Crippen LogP contribution in [0.1, 0.15) is 5.56 Å². The third-order valence-electron chi connectivity index (χ3n) is 3.81. The quantitative estimate of drug-likeness (QED) is 0.869. The maximum atomic E-state index is 12.4. The van der Waals surface area contributed by atoms with Gasteiger partial charge >= 0.3 is 0 Å². The van der Waals surface area contributed by atoms with E-state index in [-0.39, 0.29) is 5.91 Å². The monoisotopic (exact) mass is 316 g/mol. The summed E-state index contributed by atoms with van der Waals surface area (Å²) >= 11 is 6.12. The number of piperazine rings is 1. The van der Waals surface area contributed by atoms with Gasteiger partial charge < -0.3 is 9.80 Å². The SMILES string of the molecule is O=C(Cc1ccccc1Cl)N1CCN(c2cccnn2)CC1. The second kappa shape index (κ2) is 6.75. The Morgan fingerprint density at radius 1 is 1.09 bits per heavy atom. The molecule has 0 unspecified atom stereocenters. The lowest BCUT2D eigenvalue weighted by Gasteiger charge is -2.35. The molecule has 1 aromatic heterocycles. The fraction of sp³-hybridized carbons (Fsp3) is 0.312. The van der Waals surface area contributed by atoms with E-state index < -0.39 is 0 Å². The molecular weight excluding hydrogens is 300 g/mol. The van der Waals surface area contributed by atoms with Crippen LogP contribution in [0.4, 0.5) is 5.82 Å². The van der Waals surface area contributed by atoms with Crippen LogP contribution in [0.3, 0.4) is 0 Å². The lowest BCUT2D eigenvalue weighted by Crippen LogP contribution is -2.49. The van der Waals surface area contributed by atoms with Crippen molar-refractivity contribution in [2.75, 3.05) is 31.1 Å². The van der Waals surface area contributed by atoms with Crippen LogP contribution < -0.4 is 4.90 Å². The molecule has 0 N–H and O–H groups in total. The number of nitrogens with zero attached hydrogens (tertiary/aromatic N) is 4. The zero-order valence-corrected chi connectivity index (χ0v) is 12.9. The van der Waals surface area contributed by atoms with Crippen molar-refractivity contribution in [1.29, 1.82) is 0 Å². The molecule has 1 aliphatic rings. The number of carbonyl (C=O) groups excluding carboxylic acids is 1. The van der Waals surface area contributed by atoms with Gasteiger partial charge in [-0.05, 0) is 23.8 Å². The minimum Gasteiger partial charge on any atom is -0.352 e. The second-order valence-corrected chi connectivity index (χ2v) is 5.63. The number of aromatic nitrogens is 2. The first-order valence-electron chi connectivity index (χ1n) is 7.28. The number of benzene rings is 1. The Morgan fingerprint density at radius 2 is 1.86 bits per heavy atom. The summed E-state index contributed by atoms with van der Waals surface area (Å²) in [5.74, 6) is 0.979. The summed E-state index contributed by atoms with van der Waals surface area (Å²) < 4.78 is 0. The molecule has 0 atom stereocenters. The van der Waals surface area contributed by atoms with Crippen LogP contribution in [0.15, 0.2) is 42.6 Å². The largest absolute Gasteiger partial charge is 0.352 e. The number of anilines is 1. The number of hydrogen-bond acceptors (Lipinski definition) is 4. The smallest absolute Gasteiger partial charge is 0.227 e. The molecular formula is C16H17ClN4O. The highest BCUT2D eigenvalue weighted by Crippen LogP contribution is 2.17. The standard InChI is InChI=1S/C16H17ClN4O/c17-14-5-2-1-4-13(14)12-16(22)21-10-8-20(9-11-21)15-6-3-7-18-19-15/h1-7H,8-12H2. The van der Waals surface area contributed by atoms with Crippen molar-refractivity contribution in [2.45, 2.75) is 6.42 Å². The highest BCUT2D eigenvalue weighted by atomic mass is 35.5. The normalized spacial score (nSPS) is 15.0. The van der Waals surface area contributed by atoms with Gasteiger partial charge in [-0.1, -0.05) is 29.8 Å². The molecule has 1 aliphatic heterocycles. The van der Waals surface area contributed by atoms with E-state index in [0.717, 1.165) is 24.5 Å². The highest BCUT2D eigenvalue weighted by molar-refractivity contribution is 6.31. The number of carbonyl (C=O) groups is 1. The van der Waals surface area contributed by atoms with Gasteiger partial charge in [-0.25, -0.2) is 0 Å². The predicted octanol–water partition coefficient (Wildman–Crippen LogP) is 2.02. The van der Waals surface area contributed by atoms with Crippen molar-refractivity contribution in [3.63, 3.8) is 0 Å². The average molecular weight is 317 g/mol. The third-order valence-corrected chi connectivity index (χ3v) is 4.18. The number of halogens is 1. The topological polar surface area (TPSA) is 49.3 Å². The Labute approximate surface area is 134 Å². The van der Waals surface area contributed by atoms with Gasteiger partial charge in [0.2, 0.25) is 5.91 Å². The van der Waals surface area contributed by atoms with Crippen molar-refractivity contribution in [3.05, 3.63) is 53.2 Å². The van der Waals surface area contributed by atoms with Gasteiger partial charge in [-0.3, -0.25) is 4.79 Å². The summed E-state index contributed by atoms with van der Waals surface area (Å²) in [5, 5.41) is 8.65. The lowest BCUT2D eigenvalue weighted by atomic mass is 10.1. The summed E-state index contributed by atoms with van der Waals surface area (Å²) in [4.78, 5) is 16.4. The Balaban J connectivity index is 1.57. The van der Waals surface area contributed by atoms with Crippen LogP contribution in [0.5, 0.6) is 0 Å². The molecule has 2 heterocycles. The molecule has 22 heavy (non-hydrogen) atoms. The highest BCUT2D eigenvalue weighted by Gasteiger charge is 2.22. The van der Waals surface area contributed by atoms with Crippen LogP contribution in [0.2, 0.25) is 5.02 Å². The van der Waals surface area contributed by atoms with Gasteiger partial charge in [-0.15, -0.1) is 5.10 Å². The Kier molecular flexibility index (Phi) is 4.53. The van der Waals surface area contributed by atoms with Crippen molar-refractivity contribution >= 4 is 23.3 Å². The van der Waals surface area contributed by atoms with Crippen molar-refractivity contribution in [2.24, 2.45) is 0 Å². The molecule has 1 fully saturated rings. The van der Waals surface area contributed by atoms with E-state index in [2.05, 4.69) is 15.1 Å². The second-order valence-electron chi connectivity index (χ2n) is 5.22. The summed E-state index contributed by atoms with van der Waals surface area (Å²) in [7, 11) is 0. The van der Waals surface area contributed by atoms with E-state index in [1.165, 1.54) is 0 Å². The maximum Gasteiger partial charge on any atom is 0.227 e. The molecule has 1 saturated heterocycles. The van der Waals surface area contributed by atoms with Crippen molar-refractivity contribution in [3.8, 4) is 0 Å². The number of hydrogen-bond donors (Lipinski definition) is 0.